The van der Waals surface area contributed by atoms with Gasteiger partial charge >= 0.3 is 0 Å². The minimum absolute atomic E-state index is 0.0885. The van der Waals surface area contributed by atoms with E-state index >= 15 is 0 Å². The Balaban J connectivity index is 1.38. The predicted octanol–water partition coefficient (Wildman–Crippen LogP) is 2.51. The van der Waals surface area contributed by atoms with Crippen molar-refractivity contribution in [1.29, 1.82) is 0 Å². The van der Waals surface area contributed by atoms with Gasteiger partial charge < -0.3 is 5.32 Å². The van der Waals surface area contributed by atoms with Gasteiger partial charge in [0, 0.05) is 18.3 Å². The molecule has 23 heavy (non-hydrogen) atoms. The molecule has 1 atom stereocenters. The topological polar surface area (TPSA) is 72.7 Å². The molecule has 0 bridgehead atoms. The van der Waals surface area contributed by atoms with Crippen molar-refractivity contribution in [1.82, 2.24) is 25.5 Å². The zero-order valence-electron chi connectivity index (χ0n) is 13.7. The van der Waals surface area contributed by atoms with Crippen molar-refractivity contribution in [3.05, 3.63) is 5.82 Å². The molecule has 1 N–H and O–H groups in total. The van der Waals surface area contributed by atoms with Crippen LogP contribution in [0.2, 0.25) is 0 Å². The number of nitrogens with zero attached hydrogens (tertiary/aromatic N) is 4. The summed E-state index contributed by atoms with van der Waals surface area (Å²) in [5.41, 5.74) is 0. The van der Waals surface area contributed by atoms with Gasteiger partial charge in [-0.25, -0.2) is 4.68 Å². The first-order valence-electron chi connectivity index (χ1n) is 9.00. The maximum absolute atomic E-state index is 12.4. The van der Waals surface area contributed by atoms with Crippen molar-refractivity contribution in [2.24, 2.45) is 0 Å². The highest BCUT2D eigenvalue weighted by atomic mass is 32.2. The van der Waals surface area contributed by atoms with Crippen LogP contribution in [0.3, 0.4) is 0 Å². The second-order valence-corrected chi connectivity index (χ2v) is 7.99. The molecule has 1 unspecified atom stereocenters. The molecule has 1 amide bonds. The molecular formula is C16H27N5OS. The number of amides is 1. The van der Waals surface area contributed by atoms with E-state index in [9.17, 15) is 4.79 Å². The lowest BCUT2D eigenvalue weighted by Gasteiger charge is -2.21. The summed E-state index contributed by atoms with van der Waals surface area (Å²) in [5, 5.41) is 15.7. The quantitative estimate of drug-likeness (QED) is 0.808. The summed E-state index contributed by atoms with van der Waals surface area (Å²) >= 11 is 2.09. The highest BCUT2D eigenvalue weighted by molar-refractivity contribution is 7.99. The molecule has 1 aliphatic heterocycles. The van der Waals surface area contributed by atoms with Crippen LogP contribution in [0.1, 0.15) is 69.5 Å². The molecule has 128 valence electrons. The maximum atomic E-state index is 12.4. The molecule has 1 aliphatic carbocycles. The third kappa shape index (κ3) is 4.68. The van der Waals surface area contributed by atoms with Crippen molar-refractivity contribution in [3.63, 3.8) is 0 Å². The highest BCUT2D eigenvalue weighted by Gasteiger charge is 2.28. The number of tetrazole rings is 1. The van der Waals surface area contributed by atoms with E-state index in [0.29, 0.717) is 0 Å². The van der Waals surface area contributed by atoms with Crippen LogP contribution in [0.4, 0.5) is 0 Å². The molecule has 1 fully saturated rings. The average Bonchev–Trinajstić information content (AvgIpc) is 2.94. The molecule has 2 heterocycles. The van der Waals surface area contributed by atoms with Crippen LogP contribution in [-0.2, 0) is 11.3 Å². The Morgan fingerprint density at radius 2 is 2.00 bits per heavy atom. The number of hydrogen-bond acceptors (Lipinski definition) is 5. The zero-order chi connectivity index (χ0) is 15.9. The lowest BCUT2D eigenvalue weighted by molar-refractivity contribution is -0.122. The fourth-order valence-corrected chi connectivity index (χ4v) is 4.81. The summed E-state index contributed by atoms with van der Waals surface area (Å²) in [6, 6.07) is 0. The zero-order valence-corrected chi connectivity index (χ0v) is 14.6. The number of fused-ring (bicyclic) bond motifs is 1. The van der Waals surface area contributed by atoms with Crippen LogP contribution >= 0.6 is 11.8 Å². The Labute approximate surface area is 142 Å². The van der Waals surface area contributed by atoms with Crippen molar-refractivity contribution in [2.75, 3.05) is 12.3 Å². The van der Waals surface area contributed by atoms with Crippen molar-refractivity contribution < 1.29 is 4.79 Å². The van der Waals surface area contributed by atoms with E-state index in [1.807, 2.05) is 0 Å². The molecule has 0 saturated heterocycles. The van der Waals surface area contributed by atoms with Gasteiger partial charge in [-0.1, -0.05) is 25.7 Å². The number of aromatic nitrogens is 4. The minimum atomic E-state index is -0.182. The summed E-state index contributed by atoms with van der Waals surface area (Å²) in [7, 11) is 0. The third-order valence-electron chi connectivity index (χ3n) is 4.83. The number of thioether (sulfide) groups is 1. The Bertz CT molecular complexity index is 500. The molecule has 6 nitrogen and oxygen atoms in total. The Kier molecular flexibility index (Phi) is 6.30. The molecule has 0 aromatic carbocycles. The predicted molar refractivity (Wildman–Crippen MR) is 91.4 cm³/mol. The Hall–Kier alpha value is -1.11. The number of rotatable bonds is 6. The first-order valence-corrected chi connectivity index (χ1v) is 10.0. The minimum Gasteiger partial charge on any atom is -0.355 e. The van der Waals surface area contributed by atoms with Crippen LogP contribution in [0.15, 0.2) is 0 Å². The number of aryl methyl sites for hydroxylation is 1. The van der Waals surface area contributed by atoms with Gasteiger partial charge in [0.15, 0.2) is 5.82 Å². The van der Waals surface area contributed by atoms with Gasteiger partial charge in [0.2, 0.25) is 5.91 Å². The number of nitrogens with one attached hydrogen (secondary N) is 1. The summed E-state index contributed by atoms with van der Waals surface area (Å²) < 4.78 is 1.79. The van der Waals surface area contributed by atoms with Crippen molar-refractivity contribution in [3.8, 4) is 0 Å². The smallest absolute Gasteiger partial charge is 0.230 e. The molecule has 7 heteroatoms. The van der Waals surface area contributed by atoms with Crippen LogP contribution in [0.25, 0.3) is 0 Å². The van der Waals surface area contributed by atoms with E-state index in [-0.39, 0.29) is 11.8 Å². The fraction of sp³-hybridized carbons (Fsp3) is 0.875. The van der Waals surface area contributed by atoms with Gasteiger partial charge in [0.25, 0.3) is 0 Å². The molecule has 2 aliphatic rings. The monoisotopic (exact) mass is 337 g/mol. The van der Waals surface area contributed by atoms with E-state index in [1.165, 1.54) is 32.1 Å². The first kappa shape index (κ1) is 16.7. The van der Waals surface area contributed by atoms with Gasteiger partial charge in [-0.15, -0.1) is 5.10 Å². The number of carbonyl (C=O) groups is 1. The molecular weight excluding hydrogens is 310 g/mol. The number of carbonyl (C=O) groups excluding carboxylic acids is 1. The van der Waals surface area contributed by atoms with Crippen molar-refractivity contribution in [2.45, 2.75) is 75.5 Å². The summed E-state index contributed by atoms with van der Waals surface area (Å²) in [6.45, 7) is 1.58. The number of hydrogen-bond donors (Lipinski definition) is 1. The largest absolute Gasteiger partial charge is 0.355 e. The van der Waals surface area contributed by atoms with E-state index in [4.69, 9.17) is 0 Å². The van der Waals surface area contributed by atoms with Gasteiger partial charge in [-0.05, 0) is 48.3 Å². The Morgan fingerprint density at radius 1 is 1.17 bits per heavy atom. The van der Waals surface area contributed by atoms with Crippen LogP contribution in [-0.4, -0.2) is 43.7 Å². The highest BCUT2D eigenvalue weighted by Crippen LogP contribution is 2.28. The fourth-order valence-electron chi connectivity index (χ4n) is 3.50. The molecule has 1 aromatic rings. The summed E-state index contributed by atoms with van der Waals surface area (Å²) in [4.78, 5) is 12.4. The lowest BCUT2D eigenvalue weighted by Crippen LogP contribution is -2.31. The molecule has 1 aromatic heterocycles. The molecule has 1 saturated carbocycles. The van der Waals surface area contributed by atoms with Crippen molar-refractivity contribution >= 4 is 17.7 Å². The Morgan fingerprint density at radius 3 is 2.87 bits per heavy atom. The van der Waals surface area contributed by atoms with Crippen LogP contribution < -0.4 is 5.32 Å². The van der Waals surface area contributed by atoms with Gasteiger partial charge in [-0.3, -0.25) is 4.79 Å². The summed E-state index contributed by atoms with van der Waals surface area (Å²) in [6.07, 6.45) is 10.9. The average molecular weight is 337 g/mol. The van der Waals surface area contributed by atoms with E-state index in [1.54, 1.807) is 4.68 Å². The van der Waals surface area contributed by atoms with E-state index < -0.39 is 0 Å². The van der Waals surface area contributed by atoms with Gasteiger partial charge in [0.05, 0.1) is 5.92 Å². The molecule has 3 rings (SSSR count). The normalized spacial score (nSPS) is 22.3. The maximum Gasteiger partial charge on any atom is 0.230 e. The van der Waals surface area contributed by atoms with Gasteiger partial charge in [0.1, 0.15) is 0 Å². The second-order valence-electron chi connectivity index (χ2n) is 6.58. The summed E-state index contributed by atoms with van der Waals surface area (Å²) in [5.74, 6) is 1.79. The third-order valence-corrected chi connectivity index (χ3v) is 6.29. The lowest BCUT2D eigenvalue weighted by atomic mass is 10.0. The van der Waals surface area contributed by atoms with Gasteiger partial charge in [-0.2, -0.15) is 11.8 Å². The van der Waals surface area contributed by atoms with Crippen LogP contribution in [0.5, 0.6) is 0 Å². The molecule has 0 spiro atoms. The van der Waals surface area contributed by atoms with Crippen LogP contribution in [0, 0.1) is 0 Å². The van der Waals surface area contributed by atoms with E-state index in [2.05, 4.69) is 32.6 Å². The standard InChI is InChI=1S/C16H27N5OS/c22-16(14-9-4-5-11-21-15(14)18-19-20-21)17-10-6-12-23-13-7-2-1-3-8-13/h13-14H,1-12H2,(H,17,22). The first-order chi connectivity index (χ1) is 11.3. The molecule has 0 radical (unpaired) electrons. The SMILES string of the molecule is O=C(NCCCSC1CCCCC1)C1CCCCn2nnnc21. The van der Waals surface area contributed by atoms with E-state index in [0.717, 1.165) is 55.6 Å². The second kappa shape index (κ2) is 8.66.